The van der Waals surface area contributed by atoms with E-state index >= 15 is 4.39 Å². The highest BCUT2D eigenvalue weighted by atomic mass is 19.1. The summed E-state index contributed by atoms with van der Waals surface area (Å²) in [5.41, 5.74) is 1.95. The fraction of sp³-hybridized carbons (Fsp3) is 0.571. The Morgan fingerprint density at radius 1 is 1.02 bits per heavy atom. The van der Waals surface area contributed by atoms with Crippen molar-refractivity contribution in [2.75, 3.05) is 44.9 Å². The number of rotatable bonds is 10. The number of carbonyl (C=O) groups is 1. The lowest BCUT2D eigenvalue weighted by molar-refractivity contribution is 0.0493. The maximum Gasteiger partial charge on any atom is 0.197 e. The molecule has 2 heterocycles. The monoisotopic (exact) mass is 580 g/mol. The molecule has 0 N–H and O–H groups in total. The molecule has 0 radical (unpaired) electrons. The molecule has 6 nitrogen and oxygen atoms in total. The number of ether oxygens (including phenoxy) is 3. The van der Waals surface area contributed by atoms with Gasteiger partial charge in [0.2, 0.25) is 0 Å². The molecule has 0 bridgehead atoms. The first-order valence-electron chi connectivity index (χ1n) is 15.3. The van der Waals surface area contributed by atoms with E-state index in [0.717, 1.165) is 48.5 Å². The lowest BCUT2D eigenvalue weighted by Gasteiger charge is -2.41. The average Bonchev–Trinajstić information content (AvgIpc) is 3.12. The zero-order valence-electron chi connectivity index (χ0n) is 27.1. The number of nitrogens with zero attached hydrogens (tertiary/aromatic N) is 2. The summed E-state index contributed by atoms with van der Waals surface area (Å²) in [5.74, 6) is 0.811. The minimum absolute atomic E-state index is 0.0363. The highest BCUT2D eigenvalue weighted by molar-refractivity contribution is 5.99. The molecule has 2 aliphatic rings. The lowest BCUT2D eigenvalue weighted by Crippen LogP contribution is -2.48. The number of hydrogen-bond donors (Lipinski definition) is 0. The van der Waals surface area contributed by atoms with Gasteiger partial charge in [-0.25, -0.2) is 4.39 Å². The number of fused-ring (bicyclic) bond motifs is 1. The molecule has 0 aliphatic carbocycles. The number of halogens is 1. The molecule has 230 valence electrons. The minimum Gasteiger partial charge on any atom is -0.494 e. The van der Waals surface area contributed by atoms with E-state index in [1.807, 2.05) is 52.8 Å². The minimum atomic E-state index is -0.954. The summed E-state index contributed by atoms with van der Waals surface area (Å²) in [4.78, 5) is 18.7. The number of Topliss-reactive ketones (excluding diaryl/α,β-unsaturated/α-hetero) is 1. The topological polar surface area (TPSA) is 51.2 Å². The number of carbonyl (C=O) groups excluding carboxylic acids is 1. The van der Waals surface area contributed by atoms with Crippen molar-refractivity contribution in [1.82, 2.24) is 4.90 Å². The van der Waals surface area contributed by atoms with Crippen LogP contribution < -0.4 is 19.1 Å². The normalized spacial score (nSPS) is 20.3. The van der Waals surface area contributed by atoms with Crippen molar-refractivity contribution >= 4 is 11.5 Å². The Bertz CT molecular complexity index is 1340. The van der Waals surface area contributed by atoms with Gasteiger partial charge in [-0.05, 0) is 83.1 Å². The Morgan fingerprint density at radius 2 is 1.67 bits per heavy atom. The van der Waals surface area contributed by atoms with Crippen molar-refractivity contribution in [2.45, 2.75) is 91.1 Å². The third-order valence-corrected chi connectivity index (χ3v) is 8.98. The molecule has 0 aromatic heterocycles. The largest absolute Gasteiger partial charge is 0.494 e. The Labute approximate surface area is 251 Å². The van der Waals surface area contributed by atoms with Gasteiger partial charge in [-0.15, -0.1) is 6.58 Å². The van der Waals surface area contributed by atoms with E-state index in [-0.39, 0.29) is 23.5 Å². The van der Waals surface area contributed by atoms with Crippen LogP contribution in [0, 0.1) is 5.82 Å². The first-order valence-corrected chi connectivity index (χ1v) is 15.3. The Kier molecular flexibility index (Phi) is 9.03. The van der Waals surface area contributed by atoms with Crippen LogP contribution in [0.25, 0.3) is 0 Å². The maximum absolute atomic E-state index is 16.3. The third kappa shape index (κ3) is 5.41. The number of hydrogen-bond acceptors (Lipinski definition) is 6. The summed E-state index contributed by atoms with van der Waals surface area (Å²) in [6.45, 7) is 22.8. The fourth-order valence-corrected chi connectivity index (χ4v) is 6.71. The van der Waals surface area contributed by atoms with Crippen molar-refractivity contribution in [3.05, 3.63) is 58.9 Å². The second-order valence-electron chi connectivity index (χ2n) is 13.1. The van der Waals surface area contributed by atoms with E-state index in [2.05, 4.69) is 37.1 Å². The van der Waals surface area contributed by atoms with Crippen molar-refractivity contribution in [1.29, 1.82) is 0 Å². The maximum atomic E-state index is 16.3. The second kappa shape index (κ2) is 11.9. The molecule has 2 aromatic rings. The van der Waals surface area contributed by atoms with E-state index in [4.69, 9.17) is 14.2 Å². The standard InChI is InChI=1S/C35H49FN2O4/c1-11-35(9)29-24(21-28(41-12-2)32(30(29)36)42-13-3)34(7,8)38(35)22-27(39)23-19-25(33(4,5)6)31(40-10)26(20-23)37-17-15-14-16-18-37/h11,19-21H,1,12-18,22H2,2-10H3. The number of ketones is 1. The number of methoxy groups -OCH3 is 1. The third-order valence-electron chi connectivity index (χ3n) is 8.98. The first-order chi connectivity index (χ1) is 19.8. The number of benzene rings is 2. The van der Waals surface area contributed by atoms with Crippen LogP contribution >= 0.6 is 0 Å². The van der Waals surface area contributed by atoms with Crippen LogP contribution in [0.2, 0.25) is 0 Å². The van der Waals surface area contributed by atoms with Gasteiger partial charge in [0.15, 0.2) is 23.1 Å². The molecule has 4 rings (SSSR count). The smallest absolute Gasteiger partial charge is 0.197 e. The van der Waals surface area contributed by atoms with Crippen LogP contribution in [0.4, 0.5) is 10.1 Å². The predicted molar refractivity (Wildman–Crippen MR) is 168 cm³/mol. The summed E-state index contributed by atoms with van der Waals surface area (Å²) in [6.07, 6.45) is 5.17. The van der Waals surface area contributed by atoms with Crippen LogP contribution in [0.1, 0.15) is 102 Å². The second-order valence-corrected chi connectivity index (χ2v) is 13.1. The molecule has 1 unspecified atom stereocenters. The summed E-state index contributed by atoms with van der Waals surface area (Å²) in [5, 5.41) is 0. The van der Waals surface area contributed by atoms with E-state index in [0.29, 0.717) is 30.1 Å². The van der Waals surface area contributed by atoms with Gasteiger partial charge >= 0.3 is 0 Å². The molecule has 1 atom stereocenters. The molecule has 0 amide bonds. The van der Waals surface area contributed by atoms with Gasteiger partial charge in [0, 0.05) is 35.3 Å². The van der Waals surface area contributed by atoms with E-state index in [1.54, 1.807) is 13.2 Å². The summed E-state index contributed by atoms with van der Waals surface area (Å²) < 4.78 is 33.9. The quantitative estimate of drug-likeness (QED) is 0.212. The van der Waals surface area contributed by atoms with Crippen LogP contribution in [-0.2, 0) is 16.5 Å². The lowest BCUT2D eigenvalue weighted by atomic mass is 9.84. The molecular weight excluding hydrogens is 531 g/mol. The fourth-order valence-electron chi connectivity index (χ4n) is 6.71. The Hall–Kier alpha value is -3.06. The predicted octanol–water partition coefficient (Wildman–Crippen LogP) is 7.75. The van der Waals surface area contributed by atoms with Crippen LogP contribution in [-0.4, -0.2) is 50.6 Å². The van der Waals surface area contributed by atoms with Gasteiger partial charge in [-0.2, -0.15) is 0 Å². The van der Waals surface area contributed by atoms with Crippen molar-refractivity contribution < 1.29 is 23.4 Å². The Morgan fingerprint density at radius 3 is 2.21 bits per heavy atom. The summed E-state index contributed by atoms with van der Waals surface area (Å²) in [7, 11) is 1.71. The van der Waals surface area contributed by atoms with Crippen LogP contribution in [0.5, 0.6) is 17.2 Å². The van der Waals surface area contributed by atoms with Crippen LogP contribution in [0.3, 0.4) is 0 Å². The number of piperidine rings is 1. The highest BCUT2D eigenvalue weighted by Gasteiger charge is 2.53. The van der Waals surface area contributed by atoms with Gasteiger partial charge in [0.1, 0.15) is 5.75 Å². The van der Waals surface area contributed by atoms with E-state index < -0.39 is 16.9 Å². The molecule has 0 spiro atoms. The molecule has 2 aromatic carbocycles. The van der Waals surface area contributed by atoms with Gasteiger partial charge in [0.25, 0.3) is 0 Å². The number of anilines is 1. The first kappa shape index (κ1) is 31.9. The van der Waals surface area contributed by atoms with Gasteiger partial charge in [-0.3, -0.25) is 9.69 Å². The van der Waals surface area contributed by atoms with Crippen molar-refractivity contribution in [2.24, 2.45) is 0 Å². The van der Waals surface area contributed by atoms with Gasteiger partial charge in [0.05, 0.1) is 38.1 Å². The van der Waals surface area contributed by atoms with Crippen molar-refractivity contribution in [3.8, 4) is 17.2 Å². The van der Waals surface area contributed by atoms with E-state index in [1.165, 1.54) is 6.42 Å². The highest BCUT2D eigenvalue weighted by Crippen LogP contribution is 2.54. The summed E-state index contributed by atoms with van der Waals surface area (Å²) >= 11 is 0. The van der Waals surface area contributed by atoms with Gasteiger partial charge < -0.3 is 19.1 Å². The molecule has 42 heavy (non-hydrogen) atoms. The Balaban J connectivity index is 1.83. The molecule has 1 saturated heterocycles. The van der Waals surface area contributed by atoms with Gasteiger partial charge in [-0.1, -0.05) is 26.8 Å². The summed E-state index contributed by atoms with van der Waals surface area (Å²) in [6, 6.07) is 5.85. The average molecular weight is 581 g/mol. The zero-order chi connectivity index (χ0) is 31.0. The van der Waals surface area contributed by atoms with Crippen LogP contribution in [0.15, 0.2) is 30.9 Å². The molecular formula is C35H49FN2O4. The molecule has 2 aliphatic heterocycles. The van der Waals surface area contributed by atoms with Crippen molar-refractivity contribution in [3.63, 3.8) is 0 Å². The molecule has 7 heteroatoms. The molecule has 0 saturated carbocycles. The van der Waals surface area contributed by atoms with E-state index in [9.17, 15) is 4.79 Å². The zero-order valence-corrected chi connectivity index (χ0v) is 27.1. The molecule has 1 fully saturated rings. The SMILES string of the molecule is C=CC1(C)c2c(cc(OCC)c(OCC)c2F)C(C)(C)N1CC(=O)c1cc(N2CCCCC2)c(OC)c(C(C)(C)C)c1.